The Morgan fingerprint density at radius 2 is 1.78 bits per heavy atom. The number of benzene rings is 2. The molecule has 3 heterocycles. The molecular weight excluding hydrogens is 424 g/mol. The van der Waals surface area contributed by atoms with E-state index in [2.05, 4.69) is 10.1 Å². The van der Waals surface area contributed by atoms with Crippen LogP contribution >= 0.6 is 0 Å². The molecule has 0 atom stereocenters. The first-order valence-electron chi connectivity index (χ1n) is 9.87. The molecule has 0 fully saturated rings. The summed E-state index contributed by atoms with van der Waals surface area (Å²) in [6, 6.07) is 7.87. The first-order valence-corrected chi connectivity index (χ1v) is 9.87. The molecule has 1 aliphatic heterocycles. The number of amides is 1. The molecule has 162 valence electrons. The molecule has 0 unspecified atom stereocenters. The molecule has 4 aromatic rings. The van der Waals surface area contributed by atoms with Gasteiger partial charge in [-0.3, -0.25) is 14.5 Å². The lowest BCUT2D eigenvalue weighted by Gasteiger charge is -2.27. The third kappa shape index (κ3) is 3.12. The predicted octanol–water partition coefficient (Wildman–Crippen LogP) is 4.39. The zero-order chi connectivity index (χ0) is 22.6. The number of hydrogen-bond acceptors (Lipinski definition) is 3. The second kappa shape index (κ2) is 7.44. The predicted molar refractivity (Wildman–Crippen MR) is 109 cm³/mol. The van der Waals surface area contributed by atoms with E-state index in [1.165, 1.54) is 23.0 Å². The largest absolute Gasteiger partial charge is 0.332 e. The van der Waals surface area contributed by atoms with Crippen LogP contribution in [0.4, 0.5) is 17.6 Å². The molecule has 0 aliphatic carbocycles. The molecule has 0 N–H and O–H groups in total. The van der Waals surface area contributed by atoms with Crippen molar-refractivity contribution < 1.29 is 22.4 Å². The second-order valence-corrected chi connectivity index (χ2v) is 7.62. The molecule has 1 aliphatic rings. The maximum atomic E-state index is 14.1. The van der Waals surface area contributed by atoms with Crippen LogP contribution in [-0.2, 0) is 20.0 Å². The van der Waals surface area contributed by atoms with Crippen molar-refractivity contribution in [1.29, 1.82) is 0 Å². The second-order valence-electron chi connectivity index (χ2n) is 7.62. The van der Waals surface area contributed by atoms with Crippen molar-refractivity contribution >= 4 is 16.8 Å². The van der Waals surface area contributed by atoms with Crippen molar-refractivity contribution in [3.8, 4) is 11.3 Å². The van der Waals surface area contributed by atoms with Gasteiger partial charge in [-0.15, -0.1) is 0 Å². The summed E-state index contributed by atoms with van der Waals surface area (Å²) >= 11 is 0. The Kier molecular flexibility index (Phi) is 4.69. The number of nitrogens with zero attached hydrogens (tertiary/aromatic N) is 4. The van der Waals surface area contributed by atoms with Gasteiger partial charge >= 0.3 is 0 Å². The van der Waals surface area contributed by atoms with Gasteiger partial charge in [0.05, 0.1) is 23.5 Å². The lowest BCUT2D eigenvalue weighted by Crippen LogP contribution is -2.36. The number of fused-ring (bicyclic) bond motifs is 2. The van der Waals surface area contributed by atoms with Crippen molar-refractivity contribution in [3.63, 3.8) is 0 Å². The third-order valence-corrected chi connectivity index (χ3v) is 5.70. The van der Waals surface area contributed by atoms with Crippen LogP contribution in [0.15, 0.2) is 42.6 Å². The third-order valence-electron chi connectivity index (χ3n) is 5.70. The van der Waals surface area contributed by atoms with Gasteiger partial charge in [0, 0.05) is 36.3 Å². The Morgan fingerprint density at radius 3 is 2.53 bits per heavy atom. The van der Waals surface area contributed by atoms with Gasteiger partial charge in [0.2, 0.25) is 0 Å². The molecule has 5 nitrogen and oxygen atoms in total. The molecule has 5 rings (SSSR count). The first-order chi connectivity index (χ1) is 15.3. The molecular formula is C23H16F4N4O. The zero-order valence-electron chi connectivity index (χ0n) is 16.9. The van der Waals surface area contributed by atoms with E-state index in [0.717, 1.165) is 17.7 Å². The Morgan fingerprint density at radius 1 is 1.03 bits per heavy atom. The fourth-order valence-corrected chi connectivity index (χ4v) is 4.24. The summed E-state index contributed by atoms with van der Waals surface area (Å²) in [7, 11) is 1.62. The fourth-order valence-electron chi connectivity index (χ4n) is 4.24. The standard InChI is InChI=1S/C23H16F4N4O/c1-30-22(12-9-17(25)20(27)18(26)10-12)15-6-8-31(11-19(15)29-30)23(32)14-5-7-28-21-13(14)3-2-4-16(21)24/h2-5,7,9-10H,6,8,11H2,1H3. The summed E-state index contributed by atoms with van der Waals surface area (Å²) in [6.45, 7) is 0.503. The van der Waals surface area contributed by atoms with Gasteiger partial charge in [-0.1, -0.05) is 12.1 Å². The topological polar surface area (TPSA) is 51.0 Å². The van der Waals surface area contributed by atoms with Crippen molar-refractivity contribution in [2.24, 2.45) is 7.05 Å². The highest BCUT2D eigenvalue weighted by molar-refractivity contribution is 6.06. The highest BCUT2D eigenvalue weighted by Gasteiger charge is 2.29. The van der Waals surface area contributed by atoms with Gasteiger partial charge in [-0.05, 0) is 30.7 Å². The van der Waals surface area contributed by atoms with E-state index in [9.17, 15) is 22.4 Å². The molecule has 0 radical (unpaired) electrons. The minimum absolute atomic E-state index is 0.122. The SMILES string of the molecule is Cn1nc2c(c1-c1cc(F)c(F)c(F)c1)CCN(C(=O)c1ccnc3c(F)cccc13)C2. The maximum absolute atomic E-state index is 14.1. The zero-order valence-corrected chi connectivity index (χ0v) is 16.9. The lowest BCUT2D eigenvalue weighted by molar-refractivity contribution is 0.0734. The van der Waals surface area contributed by atoms with Crippen LogP contribution in [0.3, 0.4) is 0 Å². The number of halogens is 4. The Balaban J connectivity index is 1.50. The Hall–Kier alpha value is -3.75. The number of carbonyl (C=O) groups excluding carboxylic acids is 1. The number of aryl methyl sites for hydroxylation is 1. The van der Waals surface area contributed by atoms with Gasteiger partial charge in [0.25, 0.3) is 5.91 Å². The molecule has 32 heavy (non-hydrogen) atoms. The molecule has 0 bridgehead atoms. The Labute approximate surface area is 179 Å². The minimum Gasteiger partial charge on any atom is -0.332 e. The van der Waals surface area contributed by atoms with Gasteiger partial charge < -0.3 is 4.90 Å². The summed E-state index contributed by atoms with van der Waals surface area (Å²) < 4.78 is 56.5. The monoisotopic (exact) mass is 440 g/mol. The van der Waals surface area contributed by atoms with E-state index in [1.807, 2.05) is 0 Å². The molecule has 2 aromatic carbocycles. The fraction of sp³-hybridized carbons (Fsp3) is 0.174. The van der Waals surface area contributed by atoms with Crippen LogP contribution in [0.25, 0.3) is 22.2 Å². The first kappa shape index (κ1) is 20.2. The number of aromatic nitrogens is 3. The van der Waals surface area contributed by atoms with E-state index in [1.54, 1.807) is 24.1 Å². The van der Waals surface area contributed by atoms with Crippen LogP contribution in [0.2, 0.25) is 0 Å². The van der Waals surface area contributed by atoms with Gasteiger partial charge in [0.15, 0.2) is 17.5 Å². The van der Waals surface area contributed by atoms with Crippen LogP contribution in [0.5, 0.6) is 0 Å². The molecule has 1 amide bonds. The summed E-state index contributed by atoms with van der Waals surface area (Å²) in [5, 5.41) is 4.84. The van der Waals surface area contributed by atoms with Crippen LogP contribution < -0.4 is 0 Å². The van der Waals surface area contributed by atoms with Gasteiger partial charge in [0.1, 0.15) is 11.3 Å². The number of para-hydroxylation sites is 1. The van der Waals surface area contributed by atoms with Crippen LogP contribution in [0.1, 0.15) is 21.6 Å². The van der Waals surface area contributed by atoms with Crippen molar-refractivity contribution in [2.45, 2.75) is 13.0 Å². The summed E-state index contributed by atoms with van der Waals surface area (Å²) in [5.74, 6) is -4.88. The summed E-state index contributed by atoms with van der Waals surface area (Å²) in [6.07, 6.45) is 1.78. The smallest absolute Gasteiger partial charge is 0.254 e. The molecule has 2 aromatic heterocycles. The highest BCUT2D eigenvalue weighted by atomic mass is 19.2. The average molecular weight is 440 g/mol. The van der Waals surface area contributed by atoms with E-state index in [4.69, 9.17) is 0 Å². The maximum Gasteiger partial charge on any atom is 0.254 e. The Bertz CT molecular complexity index is 1380. The van der Waals surface area contributed by atoms with E-state index in [0.29, 0.717) is 35.3 Å². The van der Waals surface area contributed by atoms with Crippen LogP contribution in [-0.4, -0.2) is 32.1 Å². The van der Waals surface area contributed by atoms with Gasteiger partial charge in [-0.2, -0.15) is 5.10 Å². The summed E-state index contributed by atoms with van der Waals surface area (Å²) in [4.78, 5) is 18.8. The quantitative estimate of drug-likeness (QED) is 0.343. The number of pyridine rings is 1. The number of rotatable bonds is 2. The highest BCUT2D eigenvalue weighted by Crippen LogP contribution is 2.32. The lowest BCUT2D eigenvalue weighted by atomic mass is 9.98. The molecule has 0 saturated heterocycles. The van der Waals surface area contributed by atoms with E-state index in [-0.39, 0.29) is 23.5 Å². The van der Waals surface area contributed by atoms with E-state index >= 15 is 0 Å². The van der Waals surface area contributed by atoms with Crippen molar-refractivity contribution in [1.82, 2.24) is 19.7 Å². The van der Waals surface area contributed by atoms with Gasteiger partial charge in [-0.25, -0.2) is 17.6 Å². The summed E-state index contributed by atoms with van der Waals surface area (Å²) in [5.41, 5.74) is 2.42. The normalized spacial score (nSPS) is 13.5. The van der Waals surface area contributed by atoms with Crippen molar-refractivity contribution in [3.05, 3.63) is 82.7 Å². The number of carbonyl (C=O) groups is 1. The van der Waals surface area contributed by atoms with Crippen LogP contribution in [0, 0.1) is 23.3 Å². The minimum atomic E-state index is -1.53. The van der Waals surface area contributed by atoms with Crippen molar-refractivity contribution in [2.75, 3.05) is 6.54 Å². The van der Waals surface area contributed by atoms with E-state index < -0.39 is 23.3 Å². The molecule has 9 heteroatoms. The molecule has 0 spiro atoms. The average Bonchev–Trinajstić information content (AvgIpc) is 3.11. The number of hydrogen-bond donors (Lipinski definition) is 0. The molecule has 0 saturated carbocycles.